The predicted octanol–water partition coefficient (Wildman–Crippen LogP) is 0.546. The lowest BCUT2D eigenvalue weighted by atomic mass is 10.3. The average molecular weight is 393 g/mol. The molecule has 1 aromatic rings. The van der Waals surface area contributed by atoms with Crippen molar-refractivity contribution >= 4 is 28.3 Å². The summed E-state index contributed by atoms with van der Waals surface area (Å²) >= 11 is 0. The minimum atomic E-state index is -3.63. The highest BCUT2D eigenvalue weighted by Crippen LogP contribution is 2.27. The lowest BCUT2D eigenvalue weighted by Crippen LogP contribution is -2.52. The third-order valence-corrected chi connectivity index (χ3v) is 6.71. The standard InChI is InChI=1S/C15H24N4O4S.ClH/c1-11-15(12(2)23-17-11)24(21,22)19-7-5-18(6-8-19)14(20)10-16-9-13-3-4-13;/h13,16H,3-10H2,1-2H3;1H. The van der Waals surface area contributed by atoms with E-state index in [0.717, 1.165) is 12.5 Å². The number of nitrogens with zero attached hydrogens (tertiary/aromatic N) is 3. The fourth-order valence-electron chi connectivity index (χ4n) is 2.97. The number of carbonyl (C=O) groups is 1. The Morgan fingerprint density at radius 3 is 2.40 bits per heavy atom. The second kappa shape index (κ2) is 8.03. The van der Waals surface area contributed by atoms with E-state index in [1.54, 1.807) is 18.7 Å². The highest BCUT2D eigenvalue weighted by molar-refractivity contribution is 7.89. The number of carbonyl (C=O) groups excluding carboxylic acids is 1. The molecule has 142 valence electrons. The molecule has 1 saturated heterocycles. The Morgan fingerprint density at radius 2 is 1.88 bits per heavy atom. The van der Waals surface area contributed by atoms with Crippen molar-refractivity contribution in [2.45, 2.75) is 31.6 Å². The third kappa shape index (κ3) is 4.52. The minimum absolute atomic E-state index is 0. The Labute approximate surface area is 154 Å². The van der Waals surface area contributed by atoms with E-state index in [1.807, 2.05) is 0 Å². The Bertz CT molecular complexity index is 690. The molecule has 10 heteroatoms. The molecule has 2 aliphatic rings. The highest BCUT2D eigenvalue weighted by Gasteiger charge is 2.34. The molecule has 1 N–H and O–H groups in total. The van der Waals surface area contributed by atoms with Crippen LogP contribution in [0.3, 0.4) is 0 Å². The summed E-state index contributed by atoms with van der Waals surface area (Å²) in [6.07, 6.45) is 2.50. The van der Waals surface area contributed by atoms with Gasteiger partial charge in [0, 0.05) is 26.2 Å². The van der Waals surface area contributed by atoms with Crippen LogP contribution in [0.5, 0.6) is 0 Å². The molecule has 2 heterocycles. The maximum atomic E-state index is 12.7. The molecule has 1 saturated carbocycles. The van der Waals surface area contributed by atoms with Crippen molar-refractivity contribution in [1.82, 2.24) is 19.7 Å². The van der Waals surface area contributed by atoms with Crippen molar-refractivity contribution in [1.29, 1.82) is 0 Å². The number of piperazine rings is 1. The van der Waals surface area contributed by atoms with Gasteiger partial charge in [-0.05, 0) is 39.2 Å². The van der Waals surface area contributed by atoms with Gasteiger partial charge in [0.1, 0.15) is 10.6 Å². The highest BCUT2D eigenvalue weighted by atomic mass is 35.5. The van der Waals surface area contributed by atoms with Crippen LogP contribution in [0.4, 0.5) is 0 Å². The average Bonchev–Trinajstić information content (AvgIpc) is 3.31. The fraction of sp³-hybridized carbons (Fsp3) is 0.733. The number of amides is 1. The van der Waals surface area contributed by atoms with Gasteiger partial charge >= 0.3 is 0 Å². The van der Waals surface area contributed by atoms with E-state index in [0.29, 0.717) is 44.2 Å². The van der Waals surface area contributed by atoms with Crippen LogP contribution < -0.4 is 5.32 Å². The molecular weight excluding hydrogens is 368 g/mol. The zero-order valence-electron chi connectivity index (χ0n) is 14.5. The van der Waals surface area contributed by atoms with Gasteiger partial charge in [-0.1, -0.05) is 5.16 Å². The molecule has 1 amide bonds. The number of halogens is 1. The number of hydrogen-bond acceptors (Lipinski definition) is 6. The van der Waals surface area contributed by atoms with Crippen LogP contribution in [-0.2, 0) is 14.8 Å². The molecule has 0 spiro atoms. The van der Waals surface area contributed by atoms with E-state index < -0.39 is 10.0 Å². The summed E-state index contributed by atoms with van der Waals surface area (Å²) in [5.41, 5.74) is 0.371. The largest absolute Gasteiger partial charge is 0.360 e. The summed E-state index contributed by atoms with van der Waals surface area (Å²) in [4.78, 5) is 14.0. The predicted molar refractivity (Wildman–Crippen MR) is 94.2 cm³/mol. The van der Waals surface area contributed by atoms with Gasteiger partial charge in [-0.25, -0.2) is 8.42 Å². The Kier molecular flexibility index (Phi) is 6.47. The molecule has 1 aliphatic carbocycles. The minimum Gasteiger partial charge on any atom is -0.360 e. The number of sulfonamides is 1. The molecule has 25 heavy (non-hydrogen) atoms. The zero-order valence-corrected chi connectivity index (χ0v) is 16.2. The summed E-state index contributed by atoms with van der Waals surface area (Å²) in [6.45, 7) is 5.84. The number of nitrogens with one attached hydrogen (secondary N) is 1. The molecule has 3 rings (SSSR count). The van der Waals surface area contributed by atoms with E-state index in [4.69, 9.17) is 4.52 Å². The number of rotatable bonds is 6. The third-order valence-electron chi connectivity index (χ3n) is 4.56. The molecule has 0 atom stereocenters. The van der Waals surface area contributed by atoms with Gasteiger partial charge in [0.15, 0.2) is 5.76 Å². The van der Waals surface area contributed by atoms with Crippen LogP contribution in [-0.4, -0.2) is 68.0 Å². The monoisotopic (exact) mass is 392 g/mol. The summed E-state index contributed by atoms with van der Waals surface area (Å²) in [6, 6.07) is 0. The molecule has 0 bridgehead atoms. The van der Waals surface area contributed by atoms with Gasteiger partial charge in [-0.2, -0.15) is 4.31 Å². The molecule has 0 radical (unpaired) electrons. The summed E-state index contributed by atoms with van der Waals surface area (Å²) in [5, 5.41) is 6.90. The fourth-order valence-corrected chi connectivity index (χ4v) is 4.68. The van der Waals surface area contributed by atoms with Crippen LogP contribution in [0.1, 0.15) is 24.3 Å². The molecule has 0 aromatic carbocycles. The molecule has 8 nitrogen and oxygen atoms in total. The number of aromatic nitrogens is 1. The van der Waals surface area contributed by atoms with Crippen molar-refractivity contribution in [2.24, 2.45) is 5.92 Å². The maximum absolute atomic E-state index is 12.7. The zero-order chi connectivity index (χ0) is 17.3. The Hall–Kier alpha value is -1.16. The molecule has 1 aromatic heterocycles. The topological polar surface area (TPSA) is 95.8 Å². The summed E-state index contributed by atoms with van der Waals surface area (Å²) < 4.78 is 31.8. The van der Waals surface area contributed by atoms with E-state index in [-0.39, 0.29) is 23.2 Å². The van der Waals surface area contributed by atoms with Gasteiger partial charge in [-0.3, -0.25) is 4.79 Å². The smallest absolute Gasteiger partial charge is 0.248 e. The molecule has 2 fully saturated rings. The van der Waals surface area contributed by atoms with E-state index in [1.165, 1.54) is 17.1 Å². The first-order valence-corrected chi connectivity index (χ1v) is 9.75. The van der Waals surface area contributed by atoms with Gasteiger partial charge in [0.05, 0.1) is 6.54 Å². The van der Waals surface area contributed by atoms with Crippen LogP contribution in [0.15, 0.2) is 9.42 Å². The molecular formula is C15H25ClN4O4S. The number of hydrogen-bond donors (Lipinski definition) is 1. The number of aryl methyl sites for hydroxylation is 2. The van der Waals surface area contributed by atoms with Gasteiger partial charge in [0.25, 0.3) is 0 Å². The Morgan fingerprint density at radius 1 is 1.24 bits per heavy atom. The summed E-state index contributed by atoms with van der Waals surface area (Å²) in [5.74, 6) is 1.06. The lowest BCUT2D eigenvalue weighted by molar-refractivity contribution is -0.131. The van der Waals surface area contributed by atoms with Crippen LogP contribution >= 0.6 is 12.4 Å². The maximum Gasteiger partial charge on any atom is 0.248 e. The lowest BCUT2D eigenvalue weighted by Gasteiger charge is -2.34. The molecule has 1 aliphatic heterocycles. The van der Waals surface area contributed by atoms with Crippen LogP contribution in [0, 0.1) is 19.8 Å². The van der Waals surface area contributed by atoms with E-state index in [9.17, 15) is 13.2 Å². The van der Waals surface area contributed by atoms with E-state index in [2.05, 4.69) is 10.5 Å². The second-order valence-electron chi connectivity index (χ2n) is 6.51. The van der Waals surface area contributed by atoms with Crippen molar-refractivity contribution < 1.29 is 17.7 Å². The van der Waals surface area contributed by atoms with Gasteiger partial charge in [-0.15, -0.1) is 12.4 Å². The first-order valence-electron chi connectivity index (χ1n) is 8.31. The normalized spacial score (nSPS) is 18.9. The van der Waals surface area contributed by atoms with Gasteiger partial charge in [0.2, 0.25) is 15.9 Å². The first kappa shape index (κ1) is 20.2. The van der Waals surface area contributed by atoms with Crippen molar-refractivity contribution in [3.05, 3.63) is 11.5 Å². The van der Waals surface area contributed by atoms with Crippen LogP contribution in [0.2, 0.25) is 0 Å². The first-order chi connectivity index (χ1) is 11.4. The summed E-state index contributed by atoms with van der Waals surface area (Å²) in [7, 11) is -3.63. The van der Waals surface area contributed by atoms with Crippen molar-refractivity contribution in [3.8, 4) is 0 Å². The second-order valence-corrected chi connectivity index (χ2v) is 8.39. The SMILES string of the molecule is Cc1noc(C)c1S(=O)(=O)N1CCN(C(=O)CNCC2CC2)CC1.Cl. The molecule has 0 unspecified atom stereocenters. The van der Waals surface area contributed by atoms with Gasteiger partial charge < -0.3 is 14.7 Å². The van der Waals surface area contributed by atoms with Crippen molar-refractivity contribution in [3.63, 3.8) is 0 Å². The quantitative estimate of drug-likeness (QED) is 0.759. The van der Waals surface area contributed by atoms with Crippen molar-refractivity contribution in [2.75, 3.05) is 39.3 Å². The van der Waals surface area contributed by atoms with E-state index >= 15 is 0 Å². The Balaban J connectivity index is 0.00000225. The van der Waals surface area contributed by atoms with Crippen LogP contribution in [0.25, 0.3) is 0 Å².